The van der Waals surface area contributed by atoms with Crippen molar-refractivity contribution < 1.29 is 9.18 Å². The van der Waals surface area contributed by atoms with Crippen LogP contribution in [-0.4, -0.2) is 16.4 Å². The van der Waals surface area contributed by atoms with Crippen LogP contribution in [0.1, 0.15) is 29.9 Å². The first kappa shape index (κ1) is 12.0. The van der Waals surface area contributed by atoms with E-state index < -0.39 is 0 Å². The minimum Gasteiger partial charge on any atom is -0.364 e. The van der Waals surface area contributed by atoms with Gasteiger partial charge in [0.25, 0.3) is 5.91 Å². The number of carbonyl (C=O) groups excluding carboxylic acids is 1. The van der Waals surface area contributed by atoms with Crippen molar-refractivity contribution in [3.8, 4) is 11.1 Å². The molecule has 1 aliphatic rings. The molecular formula is C15H15FN2O. The molecule has 3 rings (SSSR count). The fourth-order valence-electron chi connectivity index (χ4n) is 2.60. The summed E-state index contributed by atoms with van der Waals surface area (Å²) in [6.45, 7) is 3.97. The van der Waals surface area contributed by atoms with Gasteiger partial charge >= 0.3 is 0 Å². The highest BCUT2D eigenvalue weighted by molar-refractivity contribution is 6.03. The van der Waals surface area contributed by atoms with Crippen molar-refractivity contribution in [3.63, 3.8) is 0 Å². The Morgan fingerprint density at radius 1 is 1.32 bits per heavy atom. The zero-order chi connectivity index (χ0) is 13.6. The molecule has 19 heavy (non-hydrogen) atoms. The van der Waals surface area contributed by atoms with Crippen molar-refractivity contribution in [2.24, 2.45) is 0 Å². The monoisotopic (exact) mass is 258 g/mol. The van der Waals surface area contributed by atoms with E-state index in [1.165, 1.54) is 12.1 Å². The highest BCUT2D eigenvalue weighted by Crippen LogP contribution is 2.31. The minimum absolute atomic E-state index is 0.105. The maximum atomic E-state index is 13.3. The van der Waals surface area contributed by atoms with Gasteiger partial charge in [-0.25, -0.2) is 4.39 Å². The molecule has 4 heteroatoms. The van der Waals surface area contributed by atoms with Gasteiger partial charge < -0.3 is 10.3 Å². The molecule has 1 aromatic heterocycles. The van der Waals surface area contributed by atoms with Crippen LogP contribution in [0.5, 0.6) is 0 Å². The van der Waals surface area contributed by atoms with Crippen LogP contribution >= 0.6 is 0 Å². The van der Waals surface area contributed by atoms with E-state index in [1.807, 2.05) is 13.8 Å². The predicted molar refractivity (Wildman–Crippen MR) is 71.4 cm³/mol. The lowest BCUT2D eigenvalue weighted by Gasteiger charge is -2.31. The van der Waals surface area contributed by atoms with Crippen molar-refractivity contribution in [1.82, 2.24) is 10.3 Å². The number of rotatable bonds is 1. The normalized spacial score (nSPS) is 16.9. The summed E-state index contributed by atoms with van der Waals surface area (Å²) < 4.78 is 13.3. The highest BCUT2D eigenvalue weighted by Gasteiger charge is 2.33. The van der Waals surface area contributed by atoms with E-state index in [0.717, 1.165) is 17.7 Å². The van der Waals surface area contributed by atoms with Crippen molar-refractivity contribution >= 4 is 5.91 Å². The summed E-state index contributed by atoms with van der Waals surface area (Å²) in [5, 5.41) is 2.97. The fraction of sp³-hybridized carbons (Fsp3) is 0.267. The quantitative estimate of drug-likeness (QED) is 0.811. The Kier molecular flexibility index (Phi) is 2.49. The Morgan fingerprint density at radius 2 is 2.11 bits per heavy atom. The number of aromatic nitrogens is 1. The SMILES string of the molecule is CC1(C)Cc2[nH]cc(-c3cccc(F)c3)c2C(=O)N1. The third-order valence-corrected chi connectivity index (χ3v) is 3.40. The molecule has 0 bridgehead atoms. The number of benzene rings is 1. The van der Waals surface area contributed by atoms with Crippen molar-refractivity contribution in [1.29, 1.82) is 0 Å². The molecule has 0 unspecified atom stereocenters. The van der Waals surface area contributed by atoms with Crippen LogP contribution in [0.25, 0.3) is 11.1 Å². The van der Waals surface area contributed by atoms with E-state index in [9.17, 15) is 9.18 Å². The summed E-state index contributed by atoms with van der Waals surface area (Å²) in [5.74, 6) is -0.407. The van der Waals surface area contributed by atoms with Crippen LogP contribution in [0.4, 0.5) is 4.39 Å². The topological polar surface area (TPSA) is 44.9 Å². The smallest absolute Gasteiger partial charge is 0.254 e. The van der Waals surface area contributed by atoms with E-state index in [1.54, 1.807) is 18.3 Å². The fourth-order valence-corrected chi connectivity index (χ4v) is 2.60. The van der Waals surface area contributed by atoms with Gasteiger partial charge in [0.2, 0.25) is 0 Å². The zero-order valence-electron chi connectivity index (χ0n) is 10.9. The minimum atomic E-state index is -0.302. The van der Waals surface area contributed by atoms with Gasteiger partial charge in [-0.15, -0.1) is 0 Å². The van der Waals surface area contributed by atoms with Crippen molar-refractivity contribution in [2.45, 2.75) is 25.8 Å². The zero-order valence-corrected chi connectivity index (χ0v) is 10.9. The predicted octanol–water partition coefficient (Wildman–Crippen LogP) is 2.89. The number of nitrogens with one attached hydrogen (secondary N) is 2. The van der Waals surface area contributed by atoms with Crippen LogP contribution in [0.3, 0.4) is 0 Å². The average Bonchev–Trinajstić information content (AvgIpc) is 2.71. The van der Waals surface area contributed by atoms with Gasteiger partial charge in [0.15, 0.2) is 0 Å². The van der Waals surface area contributed by atoms with Gasteiger partial charge in [-0.3, -0.25) is 4.79 Å². The van der Waals surface area contributed by atoms with E-state index in [-0.39, 0.29) is 17.3 Å². The lowest BCUT2D eigenvalue weighted by Crippen LogP contribution is -2.49. The second-order valence-corrected chi connectivity index (χ2v) is 5.58. The lowest BCUT2D eigenvalue weighted by atomic mass is 9.89. The number of hydrogen-bond acceptors (Lipinski definition) is 1. The summed E-state index contributed by atoms with van der Waals surface area (Å²) in [7, 11) is 0. The Labute approximate surface area is 110 Å². The molecular weight excluding hydrogens is 243 g/mol. The first-order valence-electron chi connectivity index (χ1n) is 6.25. The second kappa shape index (κ2) is 3.95. The average molecular weight is 258 g/mol. The van der Waals surface area contributed by atoms with Gasteiger partial charge in [0.05, 0.1) is 5.56 Å². The molecule has 0 radical (unpaired) electrons. The molecule has 0 fully saturated rings. The molecule has 1 aliphatic heterocycles. The van der Waals surface area contributed by atoms with Gasteiger partial charge in [-0.1, -0.05) is 12.1 Å². The molecule has 0 spiro atoms. The molecule has 98 valence electrons. The molecule has 0 saturated heterocycles. The molecule has 0 saturated carbocycles. The first-order chi connectivity index (χ1) is 8.96. The van der Waals surface area contributed by atoms with E-state index in [0.29, 0.717) is 11.1 Å². The Balaban J connectivity index is 2.12. The van der Waals surface area contributed by atoms with E-state index in [2.05, 4.69) is 10.3 Å². The summed E-state index contributed by atoms with van der Waals surface area (Å²) in [5.41, 5.74) is 2.75. The Bertz CT molecular complexity index is 658. The molecule has 0 aliphatic carbocycles. The summed E-state index contributed by atoms with van der Waals surface area (Å²) in [6.07, 6.45) is 2.52. The van der Waals surface area contributed by atoms with Gasteiger partial charge in [-0.05, 0) is 31.5 Å². The summed E-state index contributed by atoms with van der Waals surface area (Å²) >= 11 is 0. The standard InChI is InChI=1S/C15H15FN2O/c1-15(2)7-12-13(14(19)18-15)11(8-17-12)9-4-3-5-10(16)6-9/h3-6,8,17H,7H2,1-2H3,(H,18,19). The molecule has 2 N–H and O–H groups in total. The molecule has 0 atom stereocenters. The number of fused-ring (bicyclic) bond motifs is 1. The number of halogens is 1. The number of amides is 1. The second-order valence-electron chi connectivity index (χ2n) is 5.58. The van der Waals surface area contributed by atoms with Gasteiger partial charge in [0, 0.05) is 29.4 Å². The number of aromatic amines is 1. The molecule has 1 amide bonds. The van der Waals surface area contributed by atoms with Crippen LogP contribution in [0.15, 0.2) is 30.5 Å². The maximum absolute atomic E-state index is 13.3. The largest absolute Gasteiger partial charge is 0.364 e. The van der Waals surface area contributed by atoms with Crippen molar-refractivity contribution in [2.75, 3.05) is 0 Å². The van der Waals surface area contributed by atoms with E-state index in [4.69, 9.17) is 0 Å². The highest BCUT2D eigenvalue weighted by atomic mass is 19.1. The van der Waals surface area contributed by atoms with Gasteiger partial charge in [0.1, 0.15) is 5.82 Å². The number of H-pyrrole nitrogens is 1. The number of carbonyl (C=O) groups is 1. The Morgan fingerprint density at radius 3 is 2.84 bits per heavy atom. The van der Waals surface area contributed by atoms with E-state index >= 15 is 0 Å². The van der Waals surface area contributed by atoms with Crippen LogP contribution in [0, 0.1) is 5.82 Å². The van der Waals surface area contributed by atoms with Crippen LogP contribution in [-0.2, 0) is 6.42 Å². The molecule has 1 aromatic carbocycles. The Hall–Kier alpha value is -2.10. The van der Waals surface area contributed by atoms with Crippen LogP contribution in [0.2, 0.25) is 0 Å². The summed E-state index contributed by atoms with van der Waals surface area (Å²) in [6, 6.07) is 6.29. The first-order valence-corrected chi connectivity index (χ1v) is 6.25. The summed E-state index contributed by atoms with van der Waals surface area (Å²) in [4.78, 5) is 15.4. The van der Waals surface area contributed by atoms with Crippen molar-refractivity contribution in [3.05, 3.63) is 47.5 Å². The lowest BCUT2D eigenvalue weighted by molar-refractivity contribution is 0.0897. The van der Waals surface area contributed by atoms with Gasteiger partial charge in [-0.2, -0.15) is 0 Å². The molecule has 3 nitrogen and oxygen atoms in total. The molecule has 2 aromatic rings. The maximum Gasteiger partial charge on any atom is 0.254 e. The molecule has 2 heterocycles. The third kappa shape index (κ3) is 2.03. The number of hydrogen-bond donors (Lipinski definition) is 2. The third-order valence-electron chi connectivity index (χ3n) is 3.40. The van der Waals surface area contributed by atoms with Crippen LogP contribution < -0.4 is 5.32 Å².